The SMILES string of the molecule is CCCN(CCC(=O)N1CCN(c2ccc(OC)cc2)CC1)CC(=O)Nc1ccccc1C. The number of aryl methyl sites for hydroxylation is 1. The van der Waals surface area contributed by atoms with Crippen molar-refractivity contribution in [2.24, 2.45) is 0 Å². The zero-order valence-electron chi connectivity index (χ0n) is 20.0. The lowest BCUT2D eigenvalue weighted by Crippen LogP contribution is -2.49. The Morgan fingerprint density at radius 3 is 2.33 bits per heavy atom. The van der Waals surface area contributed by atoms with E-state index in [4.69, 9.17) is 4.74 Å². The van der Waals surface area contributed by atoms with Crippen LogP contribution in [0.3, 0.4) is 0 Å². The molecular weight excluding hydrogens is 416 g/mol. The fourth-order valence-corrected chi connectivity index (χ4v) is 4.11. The molecule has 7 heteroatoms. The van der Waals surface area contributed by atoms with Crippen molar-refractivity contribution < 1.29 is 14.3 Å². The number of carbonyl (C=O) groups is 2. The Kier molecular flexibility index (Phi) is 9.13. The molecule has 2 amide bonds. The van der Waals surface area contributed by atoms with E-state index in [0.29, 0.717) is 32.6 Å². The van der Waals surface area contributed by atoms with Gasteiger partial charge in [-0.15, -0.1) is 0 Å². The van der Waals surface area contributed by atoms with Gasteiger partial charge in [-0.25, -0.2) is 0 Å². The molecule has 7 nitrogen and oxygen atoms in total. The third kappa shape index (κ3) is 7.22. The maximum Gasteiger partial charge on any atom is 0.238 e. The largest absolute Gasteiger partial charge is 0.497 e. The average Bonchev–Trinajstić information content (AvgIpc) is 2.84. The molecule has 178 valence electrons. The first-order valence-electron chi connectivity index (χ1n) is 11.7. The van der Waals surface area contributed by atoms with Gasteiger partial charge in [0.2, 0.25) is 11.8 Å². The summed E-state index contributed by atoms with van der Waals surface area (Å²) in [7, 11) is 1.66. The Hall–Kier alpha value is -3.06. The lowest BCUT2D eigenvalue weighted by molar-refractivity contribution is -0.132. The zero-order chi connectivity index (χ0) is 23.6. The number of benzene rings is 2. The Morgan fingerprint density at radius 1 is 1.00 bits per heavy atom. The quantitative estimate of drug-likeness (QED) is 0.599. The number of nitrogens with zero attached hydrogens (tertiary/aromatic N) is 3. The number of hydrogen-bond donors (Lipinski definition) is 1. The smallest absolute Gasteiger partial charge is 0.238 e. The number of ether oxygens (including phenoxy) is 1. The summed E-state index contributed by atoms with van der Waals surface area (Å²) in [5.41, 5.74) is 3.03. The molecule has 0 bridgehead atoms. The van der Waals surface area contributed by atoms with Crippen molar-refractivity contribution in [3.63, 3.8) is 0 Å². The van der Waals surface area contributed by atoms with Gasteiger partial charge in [0, 0.05) is 50.5 Å². The molecule has 0 unspecified atom stereocenters. The first-order valence-corrected chi connectivity index (χ1v) is 11.7. The van der Waals surface area contributed by atoms with E-state index in [1.165, 1.54) is 0 Å². The Balaban J connectivity index is 1.44. The van der Waals surface area contributed by atoms with Crippen LogP contribution in [0.2, 0.25) is 0 Å². The fraction of sp³-hybridized carbons (Fsp3) is 0.462. The van der Waals surface area contributed by atoms with Gasteiger partial charge in [0.1, 0.15) is 5.75 Å². The third-order valence-corrected chi connectivity index (χ3v) is 6.04. The summed E-state index contributed by atoms with van der Waals surface area (Å²) >= 11 is 0. The predicted molar refractivity (Wildman–Crippen MR) is 133 cm³/mol. The maximum atomic E-state index is 12.8. The van der Waals surface area contributed by atoms with Gasteiger partial charge in [-0.3, -0.25) is 14.5 Å². The summed E-state index contributed by atoms with van der Waals surface area (Å²) in [5, 5.41) is 2.99. The van der Waals surface area contributed by atoms with Gasteiger partial charge in [0.15, 0.2) is 0 Å². The van der Waals surface area contributed by atoms with E-state index in [0.717, 1.165) is 48.7 Å². The second kappa shape index (κ2) is 12.3. The number of anilines is 2. The summed E-state index contributed by atoms with van der Waals surface area (Å²) < 4.78 is 5.23. The number of para-hydroxylation sites is 1. The van der Waals surface area contributed by atoms with E-state index >= 15 is 0 Å². The van der Waals surface area contributed by atoms with E-state index in [1.54, 1.807) is 7.11 Å². The van der Waals surface area contributed by atoms with Gasteiger partial charge in [0.05, 0.1) is 13.7 Å². The molecule has 0 atom stereocenters. The minimum absolute atomic E-state index is 0.0432. The maximum absolute atomic E-state index is 12.8. The lowest BCUT2D eigenvalue weighted by atomic mass is 10.2. The monoisotopic (exact) mass is 452 g/mol. The Morgan fingerprint density at radius 2 is 1.70 bits per heavy atom. The summed E-state index contributed by atoms with van der Waals surface area (Å²) in [5.74, 6) is 0.958. The number of amides is 2. The first kappa shape index (κ1) is 24.6. The number of hydrogen-bond acceptors (Lipinski definition) is 5. The van der Waals surface area contributed by atoms with Crippen LogP contribution >= 0.6 is 0 Å². The molecular formula is C26H36N4O3. The van der Waals surface area contributed by atoms with Crippen molar-refractivity contribution in [1.82, 2.24) is 9.80 Å². The van der Waals surface area contributed by atoms with Gasteiger partial charge in [-0.2, -0.15) is 0 Å². The fourth-order valence-electron chi connectivity index (χ4n) is 4.11. The Bertz CT molecular complexity index is 908. The molecule has 1 fully saturated rings. The van der Waals surface area contributed by atoms with Crippen LogP contribution in [-0.2, 0) is 9.59 Å². The number of piperazine rings is 1. The lowest BCUT2D eigenvalue weighted by Gasteiger charge is -2.36. The highest BCUT2D eigenvalue weighted by atomic mass is 16.5. The van der Waals surface area contributed by atoms with E-state index in [9.17, 15) is 9.59 Å². The molecule has 0 saturated carbocycles. The molecule has 1 aliphatic rings. The van der Waals surface area contributed by atoms with Crippen LogP contribution < -0.4 is 15.0 Å². The molecule has 1 N–H and O–H groups in total. The van der Waals surface area contributed by atoms with Crippen molar-refractivity contribution in [2.45, 2.75) is 26.7 Å². The predicted octanol–water partition coefficient (Wildman–Crippen LogP) is 3.39. The van der Waals surface area contributed by atoms with Crippen LogP contribution in [0.15, 0.2) is 48.5 Å². The molecule has 1 aliphatic heterocycles. The van der Waals surface area contributed by atoms with E-state index < -0.39 is 0 Å². The van der Waals surface area contributed by atoms with E-state index in [-0.39, 0.29) is 11.8 Å². The normalized spacial score (nSPS) is 13.8. The second-order valence-corrected chi connectivity index (χ2v) is 8.46. The topological polar surface area (TPSA) is 65.1 Å². The molecule has 0 aliphatic carbocycles. The molecule has 2 aromatic carbocycles. The van der Waals surface area contributed by atoms with Crippen LogP contribution in [-0.4, -0.2) is 74.5 Å². The van der Waals surface area contributed by atoms with Crippen molar-refractivity contribution in [3.8, 4) is 5.75 Å². The number of carbonyl (C=O) groups excluding carboxylic acids is 2. The summed E-state index contributed by atoms with van der Waals surface area (Å²) in [6, 6.07) is 15.8. The second-order valence-electron chi connectivity index (χ2n) is 8.46. The highest BCUT2D eigenvalue weighted by molar-refractivity contribution is 5.93. The summed E-state index contributed by atoms with van der Waals surface area (Å²) in [6.45, 7) is 8.80. The molecule has 0 spiro atoms. The van der Waals surface area contributed by atoms with Crippen LogP contribution in [0.4, 0.5) is 11.4 Å². The van der Waals surface area contributed by atoms with E-state index in [1.807, 2.05) is 48.2 Å². The van der Waals surface area contributed by atoms with Gasteiger partial charge in [-0.05, 0) is 55.8 Å². The van der Waals surface area contributed by atoms with Crippen molar-refractivity contribution in [3.05, 3.63) is 54.1 Å². The van der Waals surface area contributed by atoms with Crippen LogP contribution in [0, 0.1) is 6.92 Å². The van der Waals surface area contributed by atoms with Crippen LogP contribution in [0.1, 0.15) is 25.3 Å². The average molecular weight is 453 g/mol. The molecule has 2 aromatic rings. The van der Waals surface area contributed by atoms with Gasteiger partial charge in [-0.1, -0.05) is 25.1 Å². The van der Waals surface area contributed by atoms with Gasteiger partial charge in [0.25, 0.3) is 0 Å². The molecule has 1 saturated heterocycles. The Labute approximate surface area is 197 Å². The molecule has 33 heavy (non-hydrogen) atoms. The molecule has 0 radical (unpaired) electrons. The van der Waals surface area contributed by atoms with Crippen molar-refractivity contribution >= 4 is 23.2 Å². The molecule has 0 aromatic heterocycles. The molecule has 3 rings (SSSR count). The van der Waals surface area contributed by atoms with Gasteiger partial charge >= 0.3 is 0 Å². The van der Waals surface area contributed by atoms with Crippen LogP contribution in [0.25, 0.3) is 0 Å². The summed E-state index contributed by atoms with van der Waals surface area (Å²) in [4.78, 5) is 31.7. The standard InChI is InChI=1S/C26H36N4O3/c1-4-14-28(20-25(31)27-24-8-6-5-7-21(24)2)15-13-26(32)30-18-16-29(17-19-30)22-9-11-23(33-3)12-10-22/h5-12H,4,13-20H2,1-3H3,(H,27,31). The number of rotatable bonds is 10. The van der Waals surface area contributed by atoms with Crippen LogP contribution in [0.5, 0.6) is 5.75 Å². The highest BCUT2D eigenvalue weighted by Gasteiger charge is 2.22. The van der Waals surface area contributed by atoms with Gasteiger partial charge < -0.3 is 19.9 Å². The zero-order valence-corrected chi connectivity index (χ0v) is 20.0. The minimum atomic E-state index is -0.0432. The minimum Gasteiger partial charge on any atom is -0.497 e. The van der Waals surface area contributed by atoms with Crippen molar-refractivity contribution in [2.75, 3.05) is 63.1 Å². The van der Waals surface area contributed by atoms with Crippen molar-refractivity contribution in [1.29, 1.82) is 0 Å². The van der Waals surface area contributed by atoms with E-state index in [2.05, 4.69) is 34.2 Å². The number of methoxy groups -OCH3 is 1. The highest BCUT2D eigenvalue weighted by Crippen LogP contribution is 2.20. The number of nitrogens with one attached hydrogen (secondary N) is 1. The first-order chi connectivity index (χ1) is 16.0. The molecule has 1 heterocycles. The third-order valence-electron chi connectivity index (χ3n) is 6.04. The summed E-state index contributed by atoms with van der Waals surface area (Å²) in [6.07, 6.45) is 1.37.